The SMILES string of the molecule is O=c1c2ccsc2[nH]c(=S)n1-c1c(Br)cccc1Br. The monoisotopic (exact) mass is 416 g/mol. The molecule has 0 atom stereocenters. The minimum absolute atomic E-state index is 0.118. The van der Waals surface area contributed by atoms with Crippen molar-refractivity contribution in [1.29, 1.82) is 0 Å². The van der Waals surface area contributed by atoms with Crippen molar-refractivity contribution in [1.82, 2.24) is 9.55 Å². The molecule has 1 N–H and O–H groups in total. The summed E-state index contributed by atoms with van der Waals surface area (Å²) in [7, 11) is 0. The van der Waals surface area contributed by atoms with E-state index >= 15 is 0 Å². The topological polar surface area (TPSA) is 37.8 Å². The van der Waals surface area contributed by atoms with Crippen molar-refractivity contribution >= 4 is 65.6 Å². The Morgan fingerprint density at radius 2 is 1.89 bits per heavy atom. The van der Waals surface area contributed by atoms with E-state index < -0.39 is 0 Å². The van der Waals surface area contributed by atoms with E-state index in [1.807, 2.05) is 23.6 Å². The predicted molar refractivity (Wildman–Crippen MR) is 88.0 cm³/mol. The Balaban J connectivity index is 2.50. The molecule has 0 aliphatic carbocycles. The van der Waals surface area contributed by atoms with E-state index in [9.17, 15) is 4.79 Å². The molecule has 0 aliphatic rings. The Kier molecular flexibility index (Phi) is 3.46. The fourth-order valence-corrected chi connectivity index (χ4v) is 4.32. The van der Waals surface area contributed by atoms with Gasteiger partial charge in [-0.1, -0.05) is 6.07 Å². The summed E-state index contributed by atoms with van der Waals surface area (Å²) in [6.45, 7) is 0. The molecule has 0 radical (unpaired) electrons. The van der Waals surface area contributed by atoms with Gasteiger partial charge < -0.3 is 4.98 Å². The summed E-state index contributed by atoms with van der Waals surface area (Å²) in [6.07, 6.45) is 0. The molecule has 3 rings (SSSR count). The van der Waals surface area contributed by atoms with Gasteiger partial charge in [-0.05, 0) is 67.7 Å². The number of nitrogens with one attached hydrogen (secondary N) is 1. The second kappa shape index (κ2) is 4.97. The number of rotatable bonds is 1. The first-order chi connectivity index (χ1) is 9.09. The van der Waals surface area contributed by atoms with Crippen LogP contribution in [0.25, 0.3) is 15.9 Å². The van der Waals surface area contributed by atoms with Crippen LogP contribution in [0.4, 0.5) is 0 Å². The second-order valence-electron chi connectivity index (χ2n) is 3.80. The third-order valence-corrected chi connectivity index (χ3v) is 5.08. The number of hydrogen-bond acceptors (Lipinski definition) is 3. The highest BCUT2D eigenvalue weighted by molar-refractivity contribution is 9.11. The minimum Gasteiger partial charge on any atom is -0.323 e. The van der Waals surface area contributed by atoms with Crippen molar-refractivity contribution in [3.8, 4) is 5.69 Å². The zero-order valence-electron chi connectivity index (χ0n) is 9.31. The molecule has 0 saturated heterocycles. The van der Waals surface area contributed by atoms with Gasteiger partial charge in [0, 0.05) is 8.95 Å². The molecule has 0 fully saturated rings. The molecule has 96 valence electrons. The van der Waals surface area contributed by atoms with Crippen molar-refractivity contribution in [2.75, 3.05) is 0 Å². The molecule has 0 saturated carbocycles. The molecule has 0 unspecified atom stereocenters. The molecule has 3 nitrogen and oxygen atoms in total. The van der Waals surface area contributed by atoms with Crippen molar-refractivity contribution in [2.45, 2.75) is 0 Å². The Bertz CT molecular complexity index is 874. The van der Waals surface area contributed by atoms with Crippen LogP contribution in [-0.2, 0) is 0 Å². The Labute approximate surface area is 134 Å². The maximum atomic E-state index is 12.6. The van der Waals surface area contributed by atoms with E-state index in [0.717, 1.165) is 13.8 Å². The Morgan fingerprint density at radius 3 is 2.58 bits per heavy atom. The van der Waals surface area contributed by atoms with Crippen molar-refractivity contribution < 1.29 is 0 Å². The van der Waals surface area contributed by atoms with E-state index in [1.54, 1.807) is 6.07 Å². The van der Waals surface area contributed by atoms with Crippen LogP contribution in [0.2, 0.25) is 0 Å². The number of para-hydroxylation sites is 1. The fraction of sp³-hybridized carbons (Fsp3) is 0. The van der Waals surface area contributed by atoms with Crippen LogP contribution >= 0.6 is 55.4 Å². The molecule has 0 spiro atoms. The lowest BCUT2D eigenvalue weighted by Gasteiger charge is -2.10. The Morgan fingerprint density at radius 1 is 1.21 bits per heavy atom. The molecule has 0 bridgehead atoms. The van der Waals surface area contributed by atoms with Gasteiger partial charge in [0.15, 0.2) is 4.77 Å². The van der Waals surface area contributed by atoms with Crippen LogP contribution < -0.4 is 5.56 Å². The van der Waals surface area contributed by atoms with Crippen LogP contribution in [0.15, 0.2) is 43.4 Å². The molecule has 0 aliphatic heterocycles. The van der Waals surface area contributed by atoms with Crippen LogP contribution in [0.5, 0.6) is 0 Å². The van der Waals surface area contributed by atoms with Crippen molar-refractivity contribution in [3.63, 3.8) is 0 Å². The maximum Gasteiger partial charge on any atom is 0.267 e. The summed E-state index contributed by atoms with van der Waals surface area (Å²) >= 11 is 13.7. The van der Waals surface area contributed by atoms with Crippen molar-refractivity contribution in [3.05, 3.63) is 53.7 Å². The quantitative estimate of drug-likeness (QED) is 0.586. The molecular weight excluding hydrogens is 412 g/mol. The average molecular weight is 418 g/mol. The number of aromatic nitrogens is 2. The zero-order valence-corrected chi connectivity index (χ0v) is 14.1. The van der Waals surface area contributed by atoms with Gasteiger partial charge in [-0.2, -0.15) is 0 Å². The number of fused-ring (bicyclic) bond motifs is 1. The summed E-state index contributed by atoms with van der Waals surface area (Å²) < 4.78 is 3.49. The number of aromatic amines is 1. The third-order valence-electron chi connectivity index (χ3n) is 2.68. The molecule has 19 heavy (non-hydrogen) atoms. The van der Waals surface area contributed by atoms with Crippen LogP contribution in [-0.4, -0.2) is 9.55 Å². The van der Waals surface area contributed by atoms with Gasteiger partial charge in [0.1, 0.15) is 4.83 Å². The van der Waals surface area contributed by atoms with E-state index in [-0.39, 0.29) is 5.56 Å². The highest BCUT2D eigenvalue weighted by Gasteiger charge is 2.13. The number of H-pyrrole nitrogens is 1. The van der Waals surface area contributed by atoms with Crippen LogP contribution in [0.1, 0.15) is 0 Å². The summed E-state index contributed by atoms with van der Waals surface area (Å²) in [5.41, 5.74) is 0.592. The number of nitrogens with zero attached hydrogens (tertiary/aromatic N) is 1. The lowest BCUT2D eigenvalue weighted by Crippen LogP contribution is -2.20. The molecule has 2 aromatic heterocycles. The largest absolute Gasteiger partial charge is 0.323 e. The van der Waals surface area contributed by atoms with Gasteiger partial charge in [0.25, 0.3) is 5.56 Å². The molecule has 1 aromatic carbocycles. The second-order valence-corrected chi connectivity index (χ2v) is 6.82. The van der Waals surface area contributed by atoms with Crippen LogP contribution in [0, 0.1) is 4.77 Å². The smallest absolute Gasteiger partial charge is 0.267 e. The third kappa shape index (κ3) is 2.14. The molecule has 2 heterocycles. The first-order valence-corrected chi connectivity index (χ1v) is 8.14. The molecule has 0 amide bonds. The number of thiophene rings is 1. The molecule has 7 heteroatoms. The zero-order chi connectivity index (χ0) is 13.6. The number of hydrogen-bond donors (Lipinski definition) is 1. The first kappa shape index (κ1) is 13.2. The van der Waals surface area contributed by atoms with Crippen molar-refractivity contribution in [2.24, 2.45) is 0 Å². The number of benzene rings is 1. The minimum atomic E-state index is -0.118. The predicted octanol–water partition coefficient (Wildman–Crippen LogP) is 4.63. The summed E-state index contributed by atoms with van der Waals surface area (Å²) in [5.74, 6) is 0. The lowest BCUT2D eigenvalue weighted by atomic mass is 10.3. The van der Waals surface area contributed by atoms with Gasteiger partial charge in [-0.15, -0.1) is 11.3 Å². The summed E-state index contributed by atoms with van der Waals surface area (Å²) in [5, 5.41) is 2.51. The highest BCUT2D eigenvalue weighted by Crippen LogP contribution is 2.28. The lowest BCUT2D eigenvalue weighted by molar-refractivity contribution is 0.933. The van der Waals surface area contributed by atoms with E-state index in [2.05, 4.69) is 36.8 Å². The average Bonchev–Trinajstić information content (AvgIpc) is 2.81. The molecule has 3 aromatic rings. The van der Waals surface area contributed by atoms with E-state index in [0.29, 0.717) is 15.8 Å². The Hall–Kier alpha value is -0.760. The van der Waals surface area contributed by atoms with Gasteiger partial charge in [0.2, 0.25) is 0 Å². The van der Waals surface area contributed by atoms with E-state index in [4.69, 9.17) is 12.2 Å². The number of halogens is 2. The summed E-state index contributed by atoms with van der Waals surface area (Å²) in [4.78, 5) is 16.4. The summed E-state index contributed by atoms with van der Waals surface area (Å²) in [6, 6.07) is 7.44. The van der Waals surface area contributed by atoms with Gasteiger partial charge in [-0.3, -0.25) is 9.36 Å². The van der Waals surface area contributed by atoms with E-state index in [1.165, 1.54) is 15.9 Å². The maximum absolute atomic E-state index is 12.6. The highest BCUT2D eigenvalue weighted by atomic mass is 79.9. The van der Waals surface area contributed by atoms with Crippen LogP contribution in [0.3, 0.4) is 0 Å². The van der Waals surface area contributed by atoms with Gasteiger partial charge >= 0.3 is 0 Å². The van der Waals surface area contributed by atoms with Gasteiger partial charge in [0.05, 0.1) is 11.1 Å². The fourth-order valence-electron chi connectivity index (χ4n) is 1.85. The molecular formula is C12H6Br2N2OS2. The standard InChI is InChI=1S/C12H6Br2N2OS2/c13-7-2-1-3-8(14)9(7)16-11(17)6-4-5-19-10(6)15-12(16)18/h1-5H,(H,15,18). The normalized spacial score (nSPS) is 11.1. The van der Waals surface area contributed by atoms with Gasteiger partial charge in [-0.25, -0.2) is 0 Å². The first-order valence-electron chi connectivity index (χ1n) is 5.26.